The molecule has 3 rings (SSSR count). The summed E-state index contributed by atoms with van der Waals surface area (Å²) in [5, 5.41) is 10.1. The third-order valence-corrected chi connectivity index (χ3v) is 4.92. The Morgan fingerprint density at radius 2 is 1.97 bits per heavy atom. The Labute approximate surface area is 171 Å². The Morgan fingerprint density at radius 3 is 2.66 bits per heavy atom. The molecule has 0 saturated heterocycles. The molecule has 0 atom stereocenters. The number of carbonyl (C=O) groups excluding carboxylic acids is 1. The van der Waals surface area contributed by atoms with Crippen molar-refractivity contribution < 1.29 is 22.4 Å². The minimum Gasteiger partial charge on any atom is -0.335 e. The molecule has 3 N–H and O–H groups in total. The second kappa shape index (κ2) is 8.29. The molecular weight excluding hydrogens is 434 g/mol. The van der Waals surface area contributed by atoms with E-state index >= 15 is 0 Å². The molecule has 0 radical (unpaired) electrons. The fourth-order valence-corrected chi connectivity index (χ4v) is 3.13. The number of nitrogen functional groups attached to an aromatic ring is 1. The standard InChI is InChI=1S/C17H12ClF4N5OS/c18-12-5-4-10(17(20,21)22)7-13(12)24-14(28)8-29-16-26-25-15(27(16)23)9-2-1-3-11(19)6-9/h1-7H,8,23H2,(H,24,28). The van der Waals surface area contributed by atoms with Gasteiger partial charge in [-0.3, -0.25) is 4.79 Å². The second-order valence-electron chi connectivity index (χ2n) is 5.72. The van der Waals surface area contributed by atoms with Gasteiger partial charge in [-0.05, 0) is 30.3 Å². The Kier molecular flexibility index (Phi) is 5.99. The molecule has 0 saturated carbocycles. The molecular formula is C17H12ClF4N5OS. The fraction of sp³-hybridized carbons (Fsp3) is 0.118. The number of hydrogen-bond donors (Lipinski definition) is 2. The van der Waals surface area contributed by atoms with Crippen molar-refractivity contribution in [3.63, 3.8) is 0 Å². The van der Waals surface area contributed by atoms with Crippen LogP contribution in [-0.4, -0.2) is 26.5 Å². The summed E-state index contributed by atoms with van der Waals surface area (Å²) in [6.07, 6.45) is -4.57. The molecule has 1 amide bonds. The van der Waals surface area contributed by atoms with E-state index in [1.54, 1.807) is 6.07 Å². The van der Waals surface area contributed by atoms with Crippen molar-refractivity contribution in [2.45, 2.75) is 11.3 Å². The summed E-state index contributed by atoms with van der Waals surface area (Å²) in [5.74, 6) is 4.76. The lowest BCUT2D eigenvalue weighted by atomic mass is 10.2. The van der Waals surface area contributed by atoms with Crippen molar-refractivity contribution in [3.8, 4) is 11.4 Å². The smallest absolute Gasteiger partial charge is 0.335 e. The molecule has 1 aromatic heterocycles. The van der Waals surface area contributed by atoms with Crippen molar-refractivity contribution in [2.75, 3.05) is 16.9 Å². The van der Waals surface area contributed by atoms with Crippen LogP contribution in [0.2, 0.25) is 5.02 Å². The molecule has 6 nitrogen and oxygen atoms in total. The van der Waals surface area contributed by atoms with E-state index in [4.69, 9.17) is 17.4 Å². The second-order valence-corrected chi connectivity index (χ2v) is 7.07. The van der Waals surface area contributed by atoms with Crippen molar-refractivity contribution in [1.29, 1.82) is 0 Å². The number of anilines is 1. The number of aromatic nitrogens is 3. The summed E-state index contributed by atoms with van der Waals surface area (Å²) in [5.41, 5.74) is -0.708. The van der Waals surface area contributed by atoms with Gasteiger partial charge in [-0.15, -0.1) is 10.2 Å². The SMILES string of the molecule is Nn1c(SCC(=O)Nc2cc(C(F)(F)F)ccc2Cl)nnc1-c1cccc(F)c1. The number of nitrogens with one attached hydrogen (secondary N) is 1. The zero-order chi connectivity index (χ0) is 21.2. The van der Waals surface area contributed by atoms with Gasteiger partial charge >= 0.3 is 6.18 Å². The first kappa shape index (κ1) is 20.9. The summed E-state index contributed by atoms with van der Waals surface area (Å²) < 4.78 is 52.8. The highest BCUT2D eigenvalue weighted by Crippen LogP contribution is 2.34. The maximum absolute atomic E-state index is 13.3. The summed E-state index contributed by atoms with van der Waals surface area (Å²) in [6, 6.07) is 8.18. The number of halogens is 5. The number of amides is 1. The minimum absolute atomic E-state index is 0.0354. The topological polar surface area (TPSA) is 85.8 Å². The quantitative estimate of drug-likeness (QED) is 0.349. The van der Waals surface area contributed by atoms with Gasteiger partial charge in [-0.2, -0.15) is 13.2 Å². The lowest BCUT2D eigenvalue weighted by molar-refractivity contribution is -0.137. The van der Waals surface area contributed by atoms with Crippen LogP contribution in [0.15, 0.2) is 47.6 Å². The van der Waals surface area contributed by atoms with Crippen molar-refractivity contribution in [1.82, 2.24) is 14.9 Å². The minimum atomic E-state index is -4.57. The zero-order valence-corrected chi connectivity index (χ0v) is 15.9. The molecule has 0 aliphatic carbocycles. The third-order valence-electron chi connectivity index (χ3n) is 3.65. The van der Waals surface area contributed by atoms with Gasteiger partial charge in [-0.1, -0.05) is 35.5 Å². The molecule has 29 heavy (non-hydrogen) atoms. The van der Waals surface area contributed by atoms with Crippen LogP contribution in [0.4, 0.5) is 23.2 Å². The molecule has 152 valence electrons. The van der Waals surface area contributed by atoms with Crippen molar-refractivity contribution >= 4 is 35.0 Å². The van der Waals surface area contributed by atoms with E-state index in [1.165, 1.54) is 18.2 Å². The Bertz CT molecular complexity index is 1060. The van der Waals surface area contributed by atoms with Gasteiger partial charge in [0.1, 0.15) is 5.82 Å². The van der Waals surface area contributed by atoms with Gasteiger partial charge in [0, 0.05) is 5.56 Å². The molecule has 3 aromatic rings. The number of nitrogens with two attached hydrogens (primary N) is 1. The van der Waals surface area contributed by atoms with E-state index < -0.39 is 23.5 Å². The van der Waals surface area contributed by atoms with E-state index in [1.807, 2.05) is 0 Å². The number of thioether (sulfide) groups is 1. The van der Waals surface area contributed by atoms with Crippen LogP contribution in [0, 0.1) is 5.82 Å². The molecule has 0 fully saturated rings. The van der Waals surface area contributed by atoms with E-state index in [-0.39, 0.29) is 27.4 Å². The number of hydrogen-bond acceptors (Lipinski definition) is 5. The van der Waals surface area contributed by atoms with Gasteiger partial charge in [0.2, 0.25) is 11.1 Å². The Balaban J connectivity index is 1.68. The zero-order valence-electron chi connectivity index (χ0n) is 14.4. The van der Waals surface area contributed by atoms with Crippen LogP contribution in [-0.2, 0) is 11.0 Å². The number of rotatable bonds is 5. The first-order valence-corrected chi connectivity index (χ1v) is 9.27. The van der Waals surface area contributed by atoms with Crippen LogP contribution in [0.3, 0.4) is 0 Å². The average Bonchev–Trinajstić information content (AvgIpc) is 3.01. The average molecular weight is 446 g/mol. The van der Waals surface area contributed by atoms with Gasteiger partial charge in [0.25, 0.3) is 0 Å². The maximum Gasteiger partial charge on any atom is 0.416 e. The molecule has 12 heteroatoms. The van der Waals surface area contributed by atoms with Gasteiger partial charge < -0.3 is 11.2 Å². The van der Waals surface area contributed by atoms with Crippen LogP contribution in [0.5, 0.6) is 0 Å². The fourth-order valence-electron chi connectivity index (χ4n) is 2.31. The maximum atomic E-state index is 13.3. The first-order valence-electron chi connectivity index (χ1n) is 7.91. The van der Waals surface area contributed by atoms with Crippen LogP contribution >= 0.6 is 23.4 Å². The lowest BCUT2D eigenvalue weighted by Crippen LogP contribution is -2.17. The Hall–Kier alpha value is -2.79. The third kappa shape index (κ3) is 4.98. The van der Waals surface area contributed by atoms with Gasteiger partial charge in [0.15, 0.2) is 5.82 Å². The highest BCUT2D eigenvalue weighted by molar-refractivity contribution is 7.99. The summed E-state index contributed by atoms with van der Waals surface area (Å²) in [6.45, 7) is 0. The van der Waals surface area contributed by atoms with E-state index in [9.17, 15) is 22.4 Å². The summed E-state index contributed by atoms with van der Waals surface area (Å²) in [7, 11) is 0. The molecule has 0 aliphatic rings. The summed E-state index contributed by atoms with van der Waals surface area (Å²) >= 11 is 6.75. The Morgan fingerprint density at radius 1 is 1.21 bits per heavy atom. The number of benzene rings is 2. The van der Waals surface area contributed by atoms with Gasteiger partial charge in [-0.25, -0.2) is 9.07 Å². The summed E-state index contributed by atoms with van der Waals surface area (Å²) in [4.78, 5) is 12.1. The first-order chi connectivity index (χ1) is 13.6. The highest BCUT2D eigenvalue weighted by Gasteiger charge is 2.31. The van der Waals surface area contributed by atoms with Crippen LogP contribution in [0.25, 0.3) is 11.4 Å². The van der Waals surface area contributed by atoms with Gasteiger partial charge in [0.05, 0.1) is 22.0 Å². The van der Waals surface area contributed by atoms with Crippen LogP contribution < -0.4 is 11.2 Å². The van der Waals surface area contributed by atoms with E-state index in [0.717, 1.165) is 34.6 Å². The predicted octanol–water partition coefficient (Wildman–Crippen LogP) is 4.20. The van der Waals surface area contributed by atoms with Crippen LogP contribution in [0.1, 0.15) is 5.56 Å². The largest absolute Gasteiger partial charge is 0.416 e. The molecule has 0 bridgehead atoms. The normalized spacial score (nSPS) is 11.5. The van der Waals surface area contributed by atoms with E-state index in [0.29, 0.717) is 5.56 Å². The lowest BCUT2D eigenvalue weighted by Gasteiger charge is -2.11. The number of alkyl halides is 3. The molecule has 0 unspecified atom stereocenters. The molecule has 0 spiro atoms. The van der Waals surface area contributed by atoms with Crippen molar-refractivity contribution in [3.05, 3.63) is 58.9 Å². The van der Waals surface area contributed by atoms with Crippen molar-refractivity contribution in [2.24, 2.45) is 0 Å². The predicted molar refractivity (Wildman–Crippen MR) is 101 cm³/mol. The van der Waals surface area contributed by atoms with E-state index in [2.05, 4.69) is 15.5 Å². The number of nitrogens with zero attached hydrogens (tertiary/aromatic N) is 3. The number of carbonyl (C=O) groups is 1. The monoisotopic (exact) mass is 445 g/mol. The molecule has 0 aliphatic heterocycles. The molecule has 1 heterocycles. The highest BCUT2D eigenvalue weighted by atomic mass is 35.5. The molecule has 2 aromatic carbocycles.